The van der Waals surface area contributed by atoms with E-state index in [1.165, 1.54) is 0 Å². The average molecular weight is 313 g/mol. The molecule has 1 saturated heterocycles. The highest BCUT2D eigenvalue weighted by Crippen LogP contribution is 2.27. The second-order valence-corrected chi connectivity index (χ2v) is 5.20. The number of rotatable bonds is 3. The first-order valence-corrected chi connectivity index (χ1v) is 6.88. The van der Waals surface area contributed by atoms with Crippen LogP contribution in [-0.2, 0) is 4.79 Å². The van der Waals surface area contributed by atoms with Gasteiger partial charge in [0.1, 0.15) is 5.75 Å². The molecule has 0 unspecified atom stereocenters. The third-order valence-electron chi connectivity index (χ3n) is 3.05. The Morgan fingerprint density at radius 2 is 2.33 bits per heavy atom. The van der Waals surface area contributed by atoms with E-state index in [1.807, 2.05) is 18.2 Å². The Kier molecular flexibility index (Phi) is 4.60. The maximum atomic E-state index is 12.0. The molecule has 0 aliphatic carbocycles. The molecule has 1 heterocycles. The molecular formula is C13H17BrN2O2. The second-order valence-electron chi connectivity index (χ2n) is 4.34. The summed E-state index contributed by atoms with van der Waals surface area (Å²) in [6.07, 6.45) is 3.17. The van der Waals surface area contributed by atoms with E-state index in [0.29, 0.717) is 0 Å². The SMILES string of the molecule is COc1ccc(NC(=O)[C@H]2CCCCN2)cc1Br. The molecule has 0 aromatic heterocycles. The van der Waals surface area contributed by atoms with Gasteiger partial charge in [-0.2, -0.15) is 0 Å². The molecule has 1 aromatic carbocycles. The maximum absolute atomic E-state index is 12.0. The Labute approximate surface area is 115 Å². The van der Waals surface area contributed by atoms with Crippen LogP contribution in [0.3, 0.4) is 0 Å². The van der Waals surface area contributed by atoms with Crippen LogP contribution in [0.4, 0.5) is 5.69 Å². The average Bonchev–Trinajstić information content (AvgIpc) is 2.40. The number of hydrogen-bond acceptors (Lipinski definition) is 3. The standard InChI is InChI=1S/C13H17BrN2O2/c1-18-12-6-5-9(8-10(12)14)16-13(17)11-4-2-3-7-15-11/h5-6,8,11,15H,2-4,7H2,1H3,(H,16,17)/t11-/m1/s1. The van der Waals surface area contributed by atoms with Crippen LogP contribution in [-0.4, -0.2) is 25.6 Å². The van der Waals surface area contributed by atoms with Crippen molar-refractivity contribution < 1.29 is 9.53 Å². The number of benzene rings is 1. The molecule has 1 amide bonds. The number of ether oxygens (including phenoxy) is 1. The van der Waals surface area contributed by atoms with E-state index in [-0.39, 0.29) is 11.9 Å². The second kappa shape index (κ2) is 6.20. The van der Waals surface area contributed by atoms with Gasteiger partial charge >= 0.3 is 0 Å². The first-order chi connectivity index (χ1) is 8.70. The van der Waals surface area contributed by atoms with Gasteiger partial charge in [-0.15, -0.1) is 0 Å². The number of carbonyl (C=O) groups excluding carboxylic acids is 1. The molecule has 2 rings (SSSR count). The number of methoxy groups -OCH3 is 1. The zero-order valence-electron chi connectivity index (χ0n) is 10.3. The lowest BCUT2D eigenvalue weighted by Crippen LogP contribution is -2.43. The lowest BCUT2D eigenvalue weighted by Gasteiger charge is -2.22. The molecule has 0 radical (unpaired) electrons. The minimum atomic E-state index is -0.0698. The zero-order chi connectivity index (χ0) is 13.0. The third kappa shape index (κ3) is 3.23. The van der Waals surface area contributed by atoms with Crippen molar-refractivity contribution in [2.24, 2.45) is 0 Å². The van der Waals surface area contributed by atoms with Crippen molar-refractivity contribution in [1.29, 1.82) is 0 Å². The fraction of sp³-hybridized carbons (Fsp3) is 0.462. The van der Waals surface area contributed by atoms with Gasteiger partial charge in [0.25, 0.3) is 0 Å². The van der Waals surface area contributed by atoms with Gasteiger partial charge in [-0.3, -0.25) is 4.79 Å². The topological polar surface area (TPSA) is 50.4 Å². The number of amides is 1. The van der Waals surface area contributed by atoms with Crippen molar-refractivity contribution in [3.8, 4) is 5.75 Å². The summed E-state index contributed by atoms with van der Waals surface area (Å²) in [4.78, 5) is 12.0. The van der Waals surface area contributed by atoms with Crippen LogP contribution in [0, 0.1) is 0 Å². The van der Waals surface area contributed by atoms with Crippen molar-refractivity contribution in [2.45, 2.75) is 25.3 Å². The smallest absolute Gasteiger partial charge is 0.241 e. The van der Waals surface area contributed by atoms with Crippen LogP contribution in [0.5, 0.6) is 5.75 Å². The van der Waals surface area contributed by atoms with Crippen LogP contribution in [0.1, 0.15) is 19.3 Å². The monoisotopic (exact) mass is 312 g/mol. The summed E-state index contributed by atoms with van der Waals surface area (Å²) in [6, 6.07) is 5.44. The lowest BCUT2D eigenvalue weighted by molar-refractivity contribution is -0.118. The summed E-state index contributed by atoms with van der Waals surface area (Å²) >= 11 is 3.40. The van der Waals surface area contributed by atoms with E-state index in [0.717, 1.165) is 41.7 Å². The van der Waals surface area contributed by atoms with Gasteiger partial charge in [-0.05, 0) is 53.5 Å². The van der Waals surface area contributed by atoms with Gasteiger partial charge in [-0.25, -0.2) is 0 Å². The normalized spacial score (nSPS) is 19.3. The highest BCUT2D eigenvalue weighted by Gasteiger charge is 2.20. The summed E-state index contributed by atoms with van der Waals surface area (Å²) in [7, 11) is 1.62. The van der Waals surface area contributed by atoms with Gasteiger partial charge in [0.05, 0.1) is 17.6 Å². The number of halogens is 1. The molecule has 98 valence electrons. The van der Waals surface area contributed by atoms with Crippen molar-refractivity contribution >= 4 is 27.5 Å². The molecular weight excluding hydrogens is 296 g/mol. The molecule has 0 spiro atoms. The Balaban J connectivity index is 2.00. The van der Waals surface area contributed by atoms with Gasteiger partial charge in [0.2, 0.25) is 5.91 Å². The van der Waals surface area contributed by atoms with E-state index < -0.39 is 0 Å². The molecule has 4 nitrogen and oxygen atoms in total. The summed E-state index contributed by atoms with van der Waals surface area (Å²) in [6.45, 7) is 0.921. The zero-order valence-corrected chi connectivity index (χ0v) is 11.9. The molecule has 0 saturated carbocycles. The van der Waals surface area contributed by atoms with Crippen LogP contribution < -0.4 is 15.4 Å². The lowest BCUT2D eigenvalue weighted by atomic mass is 10.0. The quantitative estimate of drug-likeness (QED) is 0.901. The van der Waals surface area contributed by atoms with Crippen molar-refractivity contribution in [3.63, 3.8) is 0 Å². The minimum absolute atomic E-state index is 0.0340. The van der Waals surface area contributed by atoms with E-state index in [4.69, 9.17) is 4.74 Å². The molecule has 2 N–H and O–H groups in total. The summed E-state index contributed by atoms with van der Waals surface area (Å²) < 4.78 is 5.98. The Bertz CT molecular complexity index is 431. The fourth-order valence-electron chi connectivity index (χ4n) is 2.05. The molecule has 0 bridgehead atoms. The summed E-state index contributed by atoms with van der Waals surface area (Å²) in [5.74, 6) is 0.788. The molecule has 1 fully saturated rings. The fourth-order valence-corrected chi connectivity index (χ4v) is 2.59. The predicted octanol–water partition coefficient (Wildman–Crippen LogP) is 2.54. The summed E-state index contributed by atoms with van der Waals surface area (Å²) in [5, 5.41) is 6.14. The first-order valence-electron chi connectivity index (χ1n) is 6.08. The van der Waals surface area contributed by atoms with Crippen LogP contribution in [0.15, 0.2) is 22.7 Å². The Morgan fingerprint density at radius 1 is 1.50 bits per heavy atom. The van der Waals surface area contributed by atoms with Crippen LogP contribution in [0.25, 0.3) is 0 Å². The van der Waals surface area contributed by atoms with E-state index in [2.05, 4.69) is 26.6 Å². The van der Waals surface area contributed by atoms with Crippen LogP contribution in [0.2, 0.25) is 0 Å². The van der Waals surface area contributed by atoms with E-state index >= 15 is 0 Å². The molecule has 1 aliphatic heterocycles. The molecule has 5 heteroatoms. The predicted molar refractivity (Wildman–Crippen MR) is 75.0 cm³/mol. The number of piperidine rings is 1. The molecule has 1 aliphatic rings. The largest absolute Gasteiger partial charge is 0.496 e. The highest BCUT2D eigenvalue weighted by atomic mass is 79.9. The third-order valence-corrected chi connectivity index (χ3v) is 3.67. The number of hydrogen-bond donors (Lipinski definition) is 2. The van der Waals surface area contributed by atoms with Gasteiger partial charge in [0, 0.05) is 5.69 Å². The Morgan fingerprint density at radius 3 is 2.94 bits per heavy atom. The van der Waals surface area contributed by atoms with Gasteiger partial charge in [-0.1, -0.05) is 6.42 Å². The first kappa shape index (κ1) is 13.4. The highest BCUT2D eigenvalue weighted by molar-refractivity contribution is 9.10. The van der Waals surface area contributed by atoms with Crippen LogP contribution >= 0.6 is 15.9 Å². The molecule has 1 aromatic rings. The van der Waals surface area contributed by atoms with Gasteiger partial charge in [0.15, 0.2) is 0 Å². The number of carbonyl (C=O) groups is 1. The molecule has 1 atom stereocenters. The van der Waals surface area contributed by atoms with Gasteiger partial charge < -0.3 is 15.4 Å². The summed E-state index contributed by atoms with van der Waals surface area (Å²) in [5.41, 5.74) is 0.778. The minimum Gasteiger partial charge on any atom is -0.496 e. The van der Waals surface area contributed by atoms with E-state index in [9.17, 15) is 4.79 Å². The van der Waals surface area contributed by atoms with Crippen molar-refractivity contribution in [3.05, 3.63) is 22.7 Å². The molecule has 18 heavy (non-hydrogen) atoms. The van der Waals surface area contributed by atoms with Crippen molar-refractivity contribution in [1.82, 2.24) is 5.32 Å². The number of nitrogens with one attached hydrogen (secondary N) is 2. The number of anilines is 1. The maximum Gasteiger partial charge on any atom is 0.241 e. The van der Waals surface area contributed by atoms with E-state index in [1.54, 1.807) is 7.11 Å². The van der Waals surface area contributed by atoms with Crippen molar-refractivity contribution in [2.75, 3.05) is 19.0 Å². The Hall–Kier alpha value is -1.07.